The monoisotopic (exact) mass is 391 g/mol. The molecule has 0 aliphatic carbocycles. The topological polar surface area (TPSA) is 111 Å². The fourth-order valence-electron chi connectivity index (χ4n) is 2.26. The highest BCUT2D eigenvalue weighted by Gasteiger charge is 2.11. The second kappa shape index (κ2) is 9.77. The van der Waals surface area contributed by atoms with Crippen molar-refractivity contribution in [3.05, 3.63) is 41.2 Å². The van der Waals surface area contributed by atoms with E-state index in [4.69, 9.17) is 9.26 Å². The van der Waals surface area contributed by atoms with Crippen LogP contribution in [0.25, 0.3) is 0 Å². The number of benzene rings is 1. The molecule has 0 fully saturated rings. The van der Waals surface area contributed by atoms with E-state index < -0.39 is 11.9 Å². The molecule has 0 aliphatic heterocycles. The van der Waals surface area contributed by atoms with Gasteiger partial charge in [-0.3, -0.25) is 14.4 Å². The first-order chi connectivity index (χ1) is 12.8. The minimum Gasteiger partial charge on any atom is -0.455 e. The highest BCUT2D eigenvalue weighted by molar-refractivity contribution is 8.00. The number of ether oxygens (including phenoxy) is 1. The van der Waals surface area contributed by atoms with Crippen LogP contribution in [0.15, 0.2) is 28.8 Å². The number of anilines is 2. The van der Waals surface area contributed by atoms with Crippen LogP contribution in [-0.4, -0.2) is 41.1 Å². The van der Waals surface area contributed by atoms with E-state index in [-0.39, 0.29) is 24.0 Å². The SMILES string of the molecule is Cc1cc(C)cc(NC(=O)COC(=O)CSCC(=O)Nc2cc(C)on2)c1. The summed E-state index contributed by atoms with van der Waals surface area (Å²) in [6.45, 7) is 5.19. The van der Waals surface area contributed by atoms with Crippen molar-refractivity contribution in [3.63, 3.8) is 0 Å². The van der Waals surface area contributed by atoms with Crippen LogP contribution in [0.1, 0.15) is 16.9 Å². The van der Waals surface area contributed by atoms with Gasteiger partial charge in [-0.05, 0) is 44.0 Å². The summed E-state index contributed by atoms with van der Waals surface area (Å²) in [5, 5.41) is 8.86. The van der Waals surface area contributed by atoms with Gasteiger partial charge in [-0.1, -0.05) is 11.2 Å². The number of rotatable bonds is 8. The number of nitrogens with one attached hydrogen (secondary N) is 2. The van der Waals surface area contributed by atoms with Gasteiger partial charge in [0.2, 0.25) is 5.91 Å². The fourth-order valence-corrected chi connectivity index (χ4v) is 2.87. The van der Waals surface area contributed by atoms with Crippen LogP contribution in [0, 0.1) is 20.8 Å². The van der Waals surface area contributed by atoms with Crippen molar-refractivity contribution >= 4 is 41.1 Å². The lowest BCUT2D eigenvalue weighted by Crippen LogP contribution is -2.22. The molecule has 1 aromatic heterocycles. The predicted molar refractivity (Wildman–Crippen MR) is 103 cm³/mol. The van der Waals surface area contributed by atoms with Crippen molar-refractivity contribution in [1.29, 1.82) is 0 Å². The molecule has 144 valence electrons. The van der Waals surface area contributed by atoms with Gasteiger partial charge in [0, 0.05) is 11.8 Å². The van der Waals surface area contributed by atoms with Gasteiger partial charge in [-0.2, -0.15) is 0 Å². The van der Waals surface area contributed by atoms with Crippen LogP contribution >= 0.6 is 11.8 Å². The van der Waals surface area contributed by atoms with Gasteiger partial charge in [0.15, 0.2) is 12.4 Å². The standard InChI is InChI=1S/C18H21N3O5S/c1-11-4-12(2)6-14(5-11)19-16(22)8-25-18(24)10-27-9-17(23)20-15-7-13(3)26-21-15/h4-7H,8-10H2,1-3H3,(H,19,22)(H,20,21,23). The first-order valence-corrected chi connectivity index (χ1v) is 9.32. The molecule has 27 heavy (non-hydrogen) atoms. The molecule has 2 rings (SSSR count). The Morgan fingerprint density at radius 1 is 1.00 bits per heavy atom. The number of aromatic nitrogens is 1. The zero-order valence-electron chi connectivity index (χ0n) is 15.3. The maximum atomic E-state index is 11.9. The number of nitrogens with zero attached hydrogens (tertiary/aromatic N) is 1. The average Bonchev–Trinajstić information content (AvgIpc) is 2.96. The molecule has 1 heterocycles. The van der Waals surface area contributed by atoms with E-state index in [1.165, 1.54) is 0 Å². The molecule has 9 heteroatoms. The molecule has 0 saturated carbocycles. The van der Waals surface area contributed by atoms with Crippen molar-refractivity contribution in [2.24, 2.45) is 0 Å². The molecule has 1 aromatic carbocycles. The Kier molecular flexibility index (Phi) is 7.42. The molecule has 8 nitrogen and oxygen atoms in total. The zero-order valence-corrected chi connectivity index (χ0v) is 16.1. The molecular weight excluding hydrogens is 370 g/mol. The number of esters is 1. The van der Waals surface area contributed by atoms with E-state index in [1.54, 1.807) is 13.0 Å². The zero-order chi connectivity index (χ0) is 19.8. The maximum Gasteiger partial charge on any atom is 0.316 e. The lowest BCUT2D eigenvalue weighted by molar-refractivity contribution is -0.144. The van der Waals surface area contributed by atoms with Crippen LogP contribution in [0.4, 0.5) is 11.5 Å². The normalized spacial score (nSPS) is 10.3. The molecule has 0 saturated heterocycles. The summed E-state index contributed by atoms with van der Waals surface area (Å²) in [6.07, 6.45) is 0. The van der Waals surface area contributed by atoms with E-state index >= 15 is 0 Å². The summed E-state index contributed by atoms with van der Waals surface area (Å²) >= 11 is 1.08. The molecule has 2 N–H and O–H groups in total. The molecule has 0 spiro atoms. The van der Waals surface area contributed by atoms with E-state index in [1.807, 2.05) is 32.0 Å². The summed E-state index contributed by atoms with van der Waals surface area (Å²) in [5.41, 5.74) is 2.71. The maximum absolute atomic E-state index is 11.9. The van der Waals surface area contributed by atoms with Crippen LogP contribution in [-0.2, 0) is 19.1 Å². The Morgan fingerprint density at radius 2 is 1.70 bits per heavy atom. The van der Waals surface area contributed by atoms with E-state index in [0.717, 1.165) is 22.9 Å². The van der Waals surface area contributed by atoms with Gasteiger partial charge < -0.3 is 19.9 Å². The van der Waals surface area contributed by atoms with Crippen molar-refractivity contribution in [3.8, 4) is 0 Å². The molecule has 0 bridgehead atoms. The second-order valence-corrected chi connectivity index (χ2v) is 6.93. The molecule has 0 atom stereocenters. The molecule has 2 amide bonds. The highest BCUT2D eigenvalue weighted by atomic mass is 32.2. The molecule has 0 aliphatic rings. The Hall–Kier alpha value is -2.81. The minimum absolute atomic E-state index is 0.0396. The Labute approximate surface area is 161 Å². The van der Waals surface area contributed by atoms with Crippen LogP contribution in [0.5, 0.6) is 0 Å². The van der Waals surface area contributed by atoms with Gasteiger partial charge in [0.25, 0.3) is 5.91 Å². The Bertz CT molecular complexity index is 814. The minimum atomic E-state index is -0.569. The molecular formula is C18H21N3O5S. The van der Waals surface area contributed by atoms with E-state index in [0.29, 0.717) is 17.3 Å². The molecule has 0 radical (unpaired) electrons. The number of carbonyl (C=O) groups is 3. The fraction of sp³-hybridized carbons (Fsp3) is 0.333. The lowest BCUT2D eigenvalue weighted by Gasteiger charge is -2.08. The van der Waals surface area contributed by atoms with Crippen molar-refractivity contribution in [2.45, 2.75) is 20.8 Å². The molecule has 0 unspecified atom stereocenters. The number of amides is 2. The molecule has 2 aromatic rings. The van der Waals surface area contributed by atoms with Crippen LogP contribution in [0.2, 0.25) is 0 Å². The first kappa shape index (κ1) is 20.5. The number of hydrogen-bond donors (Lipinski definition) is 2. The van der Waals surface area contributed by atoms with Crippen molar-refractivity contribution in [1.82, 2.24) is 5.16 Å². The summed E-state index contributed by atoms with van der Waals surface area (Å²) in [7, 11) is 0. The number of hydrogen-bond acceptors (Lipinski definition) is 7. The van der Waals surface area contributed by atoms with Gasteiger partial charge in [0.05, 0.1) is 11.5 Å². The van der Waals surface area contributed by atoms with Gasteiger partial charge in [-0.15, -0.1) is 11.8 Å². The largest absolute Gasteiger partial charge is 0.455 e. The third-order valence-corrected chi connectivity index (χ3v) is 4.12. The predicted octanol–water partition coefficient (Wildman–Crippen LogP) is 2.45. The Morgan fingerprint density at radius 3 is 2.33 bits per heavy atom. The highest BCUT2D eigenvalue weighted by Crippen LogP contribution is 2.13. The average molecular weight is 391 g/mol. The van der Waals surface area contributed by atoms with Gasteiger partial charge in [-0.25, -0.2) is 0 Å². The van der Waals surface area contributed by atoms with E-state index in [2.05, 4.69) is 15.8 Å². The van der Waals surface area contributed by atoms with Crippen LogP contribution in [0.3, 0.4) is 0 Å². The number of thioether (sulfide) groups is 1. The van der Waals surface area contributed by atoms with Crippen molar-refractivity contribution in [2.75, 3.05) is 28.7 Å². The van der Waals surface area contributed by atoms with Crippen LogP contribution < -0.4 is 10.6 Å². The Balaban J connectivity index is 1.63. The second-order valence-electron chi connectivity index (χ2n) is 5.95. The smallest absolute Gasteiger partial charge is 0.316 e. The van der Waals surface area contributed by atoms with Gasteiger partial charge >= 0.3 is 5.97 Å². The summed E-state index contributed by atoms with van der Waals surface area (Å²) in [5.74, 6) is -0.381. The summed E-state index contributed by atoms with van der Waals surface area (Å²) in [4.78, 5) is 35.2. The third kappa shape index (κ3) is 7.53. The number of aryl methyl sites for hydroxylation is 3. The van der Waals surface area contributed by atoms with E-state index in [9.17, 15) is 14.4 Å². The summed E-state index contributed by atoms with van der Waals surface area (Å²) in [6, 6.07) is 7.24. The quantitative estimate of drug-likeness (QED) is 0.665. The first-order valence-electron chi connectivity index (χ1n) is 8.16. The number of carbonyl (C=O) groups excluding carboxylic acids is 3. The lowest BCUT2D eigenvalue weighted by atomic mass is 10.1. The summed E-state index contributed by atoms with van der Waals surface area (Å²) < 4.78 is 9.74. The van der Waals surface area contributed by atoms with Gasteiger partial charge in [0.1, 0.15) is 5.76 Å². The third-order valence-electron chi connectivity index (χ3n) is 3.22. The van der Waals surface area contributed by atoms with Crippen molar-refractivity contribution < 1.29 is 23.6 Å².